The molecule has 0 amide bonds. The second kappa shape index (κ2) is 10.3. The van der Waals surface area contributed by atoms with E-state index < -0.39 is 17.7 Å². The van der Waals surface area contributed by atoms with E-state index in [1.54, 1.807) is 41.1 Å². The van der Waals surface area contributed by atoms with Gasteiger partial charge in [0.1, 0.15) is 5.82 Å². The average Bonchev–Trinajstić information content (AvgIpc) is 2.82. The lowest BCUT2D eigenvalue weighted by Gasteiger charge is -2.37. The van der Waals surface area contributed by atoms with Crippen LogP contribution in [0.1, 0.15) is 56.6 Å². The number of esters is 1. The van der Waals surface area contributed by atoms with Crippen molar-refractivity contribution in [3.05, 3.63) is 80.9 Å². The Balaban J connectivity index is 1.82. The molecule has 0 saturated heterocycles. The molecule has 0 bridgehead atoms. The maximum absolute atomic E-state index is 15.2. The molecular formula is C28H29ClFNO5. The third-order valence-corrected chi connectivity index (χ3v) is 6.89. The fourth-order valence-corrected chi connectivity index (χ4v) is 5.28. The molecule has 0 fully saturated rings. The first-order valence-corrected chi connectivity index (χ1v) is 12.1. The Labute approximate surface area is 215 Å². The van der Waals surface area contributed by atoms with Crippen LogP contribution in [0.25, 0.3) is 0 Å². The van der Waals surface area contributed by atoms with E-state index in [-0.39, 0.29) is 40.4 Å². The summed E-state index contributed by atoms with van der Waals surface area (Å²) in [5.74, 6) is -1.32. The zero-order chi connectivity index (χ0) is 26.1. The van der Waals surface area contributed by atoms with Crippen LogP contribution in [0, 0.1) is 5.82 Å². The lowest BCUT2D eigenvalue weighted by Crippen LogP contribution is -2.37. The maximum Gasteiger partial charge on any atom is 0.337 e. The van der Waals surface area contributed by atoms with Gasteiger partial charge in [-0.2, -0.15) is 0 Å². The third kappa shape index (κ3) is 4.72. The number of hydrogen-bond acceptors (Lipinski definition) is 6. The van der Waals surface area contributed by atoms with Crippen LogP contribution in [-0.4, -0.2) is 32.1 Å². The topological polar surface area (TPSA) is 73.9 Å². The van der Waals surface area contributed by atoms with E-state index in [1.807, 2.05) is 18.2 Å². The molecule has 4 rings (SSSR count). The highest BCUT2D eigenvalue weighted by Gasteiger charge is 2.43. The van der Waals surface area contributed by atoms with Crippen molar-refractivity contribution in [3.63, 3.8) is 0 Å². The van der Waals surface area contributed by atoms with Gasteiger partial charge in [-0.3, -0.25) is 4.79 Å². The van der Waals surface area contributed by atoms with Crippen molar-refractivity contribution in [1.29, 1.82) is 0 Å². The highest BCUT2D eigenvalue weighted by molar-refractivity contribution is 6.31. The van der Waals surface area contributed by atoms with E-state index in [9.17, 15) is 9.59 Å². The minimum absolute atomic E-state index is 0.0983. The third-order valence-electron chi connectivity index (χ3n) is 6.56. The second-order valence-corrected chi connectivity index (χ2v) is 9.63. The molecule has 0 radical (unpaired) electrons. The predicted octanol–water partition coefficient (Wildman–Crippen LogP) is 5.81. The Morgan fingerprint density at radius 1 is 1.11 bits per heavy atom. The number of carbonyl (C=O) groups excluding carboxylic acids is 2. The number of halogens is 2. The van der Waals surface area contributed by atoms with Crippen LogP contribution in [0.4, 0.5) is 4.39 Å². The number of hydrogen-bond donors (Lipinski definition) is 1. The number of dihydropyridines is 1. The molecule has 0 saturated carbocycles. The maximum atomic E-state index is 15.2. The van der Waals surface area contributed by atoms with Gasteiger partial charge >= 0.3 is 5.97 Å². The number of allylic oxidation sites excluding steroid dienone is 3. The number of Topliss-reactive ketones (excluding diaryl/α,β-unsaturated/α-hetero) is 1. The minimum atomic E-state index is -0.972. The highest BCUT2D eigenvalue weighted by Crippen LogP contribution is 2.48. The summed E-state index contributed by atoms with van der Waals surface area (Å²) in [6.07, 6.45) is 0.286. The normalized spacial score (nSPS) is 19.7. The van der Waals surface area contributed by atoms with Gasteiger partial charge in [0.05, 0.1) is 31.8 Å². The molecule has 2 aliphatic rings. The van der Waals surface area contributed by atoms with Crippen molar-refractivity contribution >= 4 is 23.4 Å². The highest BCUT2D eigenvalue weighted by atomic mass is 35.5. The largest absolute Gasteiger partial charge is 0.493 e. The summed E-state index contributed by atoms with van der Waals surface area (Å²) in [6, 6.07) is 9.92. The van der Waals surface area contributed by atoms with Gasteiger partial charge in [-0.15, -0.1) is 0 Å². The molecule has 1 aliphatic heterocycles. The van der Waals surface area contributed by atoms with E-state index in [1.165, 1.54) is 12.1 Å². The molecule has 0 unspecified atom stereocenters. The summed E-state index contributed by atoms with van der Waals surface area (Å²) in [6.45, 7) is 5.20. The van der Waals surface area contributed by atoms with Crippen LogP contribution in [0.15, 0.2) is 58.9 Å². The number of methoxy groups -OCH3 is 2. The van der Waals surface area contributed by atoms with Crippen molar-refractivity contribution in [2.45, 2.75) is 51.6 Å². The number of rotatable bonds is 6. The standard InChI is InChI=1S/C28H29ClFNO5/c1-14(2)36-28(33)24-15(3)31-20-11-17(16-9-10-22(34-4)23(13-16)35-5)12-21(32)26(20)27(24)25-18(29)7-6-8-19(25)30/h6-10,13-14,17,27,31H,11-12H2,1-5H3/t17-,27+/m1/s1. The van der Waals surface area contributed by atoms with Crippen molar-refractivity contribution in [1.82, 2.24) is 5.32 Å². The molecule has 190 valence electrons. The molecule has 6 nitrogen and oxygen atoms in total. The van der Waals surface area contributed by atoms with Crippen LogP contribution in [-0.2, 0) is 14.3 Å². The Hall–Kier alpha value is -3.32. The van der Waals surface area contributed by atoms with Gasteiger partial charge in [-0.1, -0.05) is 23.7 Å². The van der Waals surface area contributed by atoms with Crippen LogP contribution in [0.5, 0.6) is 11.5 Å². The summed E-state index contributed by atoms with van der Waals surface area (Å²) < 4.78 is 31.5. The fraction of sp³-hybridized carbons (Fsp3) is 0.357. The molecule has 1 heterocycles. The number of carbonyl (C=O) groups is 2. The zero-order valence-corrected chi connectivity index (χ0v) is 21.7. The first kappa shape index (κ1) is 25.8. The zero-order valence-electron chi connectivity index (χ0n) is 20.9. The average molecular weight is 514 g/mol. The van der Waals surface area contributed by atoms with Crippen molar-refractivity contribution in [3.8, 4) is 11.5 Å². The van der Waals surface area contributed by atoms with Gasteiger partial charge in [0.2, 0.25) is 0 Å². The molecule has 0 spiro atoms. The molecular weight excluding hydrogens is 485 g/mol. The van der Waals surface area contributed by atoms with Crippen molar-refractivity contribution < 1.29 is 28.2 Å². The Morgan fingerprint density at radius 2 is 1.83 bits per heavy atom. The van der Waals surface area contributed by atoms with Crippen LogP contribution in [0.3, 0.4) is 0 Å². The van der Waals surface area contributed by atoms with E-state index in [4.69, 9.17) is 25.8 Å². The Morgan fingerprint density at radius 3 is 2.47 bits per heavy atom. The quantitative estimate of drug-likeness (QED) is 0.491. The predicted molar refractivity (Wildman–Crippen MR) is 135 cm³/mol. The van der Waals surface area contributed by atoms with Gasteiger partial charge in [0, 0.05) is 34.0 Å². The Bertz CT molecular complexity index is 1260. The number of nitrogens with one attached hydrogen (secondary N) is 1. The summed E-state index contributed by atoms with van der Waals surface area (Å²) in [7, 11) is 3.13. The van der Waals surface area contributed by atoms with E-state index in [0.29, 0.717) is 34.9 Å². The Kier molecular flexibility index (Phi) is 7.41. The van der Waals surface area contributed by atoms with Gasteiger partial charge < -0.3 is 19.5 Å². The van der Waals surface area contributed by atoms with Gasteiger partial charge in [-0.05, 0) is 62.9 Å². The molecule has 2 aromatic carbocycles. The summed E-state index contributed by atoms with van der Waals surface area (Å²) in [4.78, 5) is 26.9. The number of ketones is 1. The SMILES string of the molecule is COc1ccc([C@H]2CC(=O)C3=C(C2)NC(C)=C(C(=O)OC(C)C)[C@H]3c2c(F)cccc2Cl)cc1OC. The summed E-state index contributed by atoms with van der Waals surface area (Å²) in [5.41, 5.74) is 2.70. The van der Waals surface area contributed by atoms with E-state index in [0.717, 1.165) is 5.56 Å². The molecule has 0 aromatic heterocycles. The second-order valence-electron chi connectivity index (χ2n) is 9.22. The van der Waals surface area contributed by atoms with Gasteiger partial charge in [-0.25, -0.2) is 9.18 Å². The lowest BCUT2D eigenvalue weighted by molar-refractivity contribution is -0.143. The van der Waals surface area contributed by atoms with Crippen LogP contribution in [0.2, 0.25) is 5.02 Å². The molecule has 2 atom stereocenters. The molecule has 36 heavy (non-hydrogen) atoms. The lowest BCUT2D eigenvalue weighted by atomic mass is 9.71. The fourth-order valence-electron chi connectivity index (χ4n) is 5.00. The van der Waals surface area contributed by atoms with Gasteiger partial charge in [0.15, 0.2) is 17.3 Å². The first-order valence-electron chi connectivity index (χ1n) is 11.8. The summed E-state index contributed by atoms with van der Waals surface area (Å²) in [5, 5.41) is 3.40. The van der Waals surface area contributed by atoms with Crippen LogP contribution < -0.4 is 14.8 Å². The van der Waals surface area contributed by atoms with Crippen molar-refractivity contribution in [2.75, 3.05) is 14.2 Å². The first-order chi connectivity index (χ1) is 17.2. The molecule has 1 N–H and O–H groups in total. The number of benzene rings is 2. The van der Waals surface area contributed by atoms with Crippen molar-refractivity contribution in [2.24, 2.45) is 0 Å². The van der Waals surface area contributed by atoms with E-state index >= 15 is 4.39 Å². The molecule has 1 aliphatic carbocycles. The van der Waals surface area contributed by atoms with Crippen LogP contribution >= 0.6 is 11.6 Å². The number of ether oxygens (including phenoxy) is 3. The molecule has 2 aromatic rings. The monoisotopic (exact) mass is 513 g/mol. The molecule has 8 heteroatoms. The smallest absolute Gasteiger partial charge is 0.337 e. The van der Waals surface area contributed by atoms with Gasteiger partial charge in [0.25, 0.3) is 0 Å². The van der Waals surface area contributed by atoms with E-state index in [2.05, 4.69) is 5.32 Å². The summed E-state index contributed by atoms with van der Waals surface area (Å²) >= 11 is 6.46. The minimum Gasteiger partial charge on any atom is -0.493 e.